The maximum atomic E-state index is 12.0. The number of carbonyl (C=O) groups is 2. The second-order valence-corrected chi connectivity index (χ2v) is 6.77. The number of amides is 2. The lowest BCUT2D eigenvalue weighted by Crippen LogP contribution is -2.20. The largest absolute Gasteiger partial charge is 0.484 e. The Morgan fingerprint density at radius 1 is 1.20 bits per heavy atom. The van der Waals surface area contributed by atoms with E-state index in [9.17, 15) is 9.59 Å². The minimum absolute atomic E-state index is 0.102. The Hall–Kier alpha value is -2.93. The van der Waals surface area contributed by atoms with Crippen LogP contribution in [0.3, 0.4) is 0 Å². The molecule has 0 spiro atoms. The zero-order valence-electron chi connectivity index (χ0n) is 13.6. The Balaban J connectivity index is 1.55. The Morgan fingerprint density at radius 3 is 2.68 bits per heavy atom. The molecule has 0 bridgehead atoms. The lowest BCUT2D eigenvalue weighted by molar-refractivity contribution is -0.118. The third-order valence-electron chi connectivity index (χ3n) is 3.45. The van der Waals surface area contributed by atoms with Gasteiger partial charge in [-0.2, -0.15) is 0 Å². The monoisotopic (exact) mass is 355 g/mol. The average molecular weight is 355 g/mol. The number of fused-ring (bicyclic) bond motifs is 1. The van der Waals surface area contributed by atoms with E-state index in [-0.39, 0.29) is 24.8 Å². The molecule has 25 heavy (non-hydrogen) atoms. The van der Waals surface area contributed by atoms with Gasteiger partial charge in [0.05, 0.1) is 21.6 Å². The van der Waals surface area contributed by atoms with Crippen LogP contribution in [-0.4, -0.2) is 23.4 Å². The first kappa shape index (κ1) is 16.9. The molecule has 3 aromatic rings. The van der Waals surface area contributed by atoms with Crippen LogP contribution in [0.2, 0.25) is 0 Å². The third kappa shape index (κ3) is 4.54. The molecule has 0 fully saturated rings. The Labute approximate surface area is 148 Å². The number of nitrogens with zero attached hydrogens (tertiary/aromatic N) is 1. The highest BCUT2D eigenvalue weighted by atomic mass is 32.1. The van der Waals surface area contributed by atoms with Crippen molar-refractivity contribution in [2.45, 2.75) is 13.3 Å². The highest BCUT2D eigenvalue weighted by Gasteiger charge is 2.07. The van der Waals surface area contributed by atoms with Crippen LogP contribution in [0.15, 0.2) is 42.5 Å². The maximum Gasteiger partial charge on any atom is 0.262 e. The van der Waals surface area contributed by atoms with Crippen molar-refractivity contribution in [2.24, 2.45) is 5.73 Å². The van der Waals surface area contributed by atoms with E-state index >= 15 is 0 Å². The zero-order valence-corrected chi connectivity index (χ0v) is 14.4. The topological polar surface area (TPSA) is 94.3 Å². The van der Waals surface area contributed by atoms with Crippen LogP contribution < -0.4 is 15.8 Å². The minimum atomic E-state index is -0.388. The van der Waals surface area contributed by atoms with Crippen LogP contribution in [0.25, 0.3) is 10.2 Å². The van der Waals surface area contributed by atoms with Crippen molar-refractivity contribution in [3.8, 4) is 5.75 Å². The number of benzene rings is 2. The van der Waals surface area contributed by atoms with Gasteiger partial charge >= 0.3 is 0 Å². The number of rotatable bonds is 6. The maximum absolute atomic E-state index is 12.0. The van der Waals surface area contributed by atoms with Gasteiger partial charge in [-0.3, -0.25) is 9.59 Å². The SMILES string of the molecule is Cc1nc2ccc(NC(=O)COc3ccc(CC(N)=O)cc3)cc2s1. The fourth-order valence-corrected chi connectivity index (χ4v) is 3.23. The van der Waals surface area contributed by atoms with Crippen molar-refractivity contribution in [3.63, 3.8) is 0 Å². The quantitative estimate of drug-likeness (QED) is 0.711. The Kier molecular flexibility index (Phi) is 4.95. The van der Waals surface area contributed by atoms with Gasteiger partial charge < -0.3 is 15.8 Å². The van der Waals surface area contributed by atoms with E-state index in [0.29, 0.717) is 11.4 Å². The number of aryl methyl sites for hydroxylation is 1. The lowest BCUT2D eigenvalue weighted by atomic mass is 10.1. The van der Waals surface area contributed by atoms with Crippen molar-refractivity contribution in [2.75, 3.05) is 11.9 Å². The molecule has 2 aromatic carbocycles. The molecule has 2 amide bonds. The van der Waals surface area contributed by atoms with E-state index in [1.54, 1.807) is 35.6 Å². The molecule has 0 saturated heterocycles. The molecule has 0 radical (unpaired) electrons. The number of primary amides is 1. The second kappa shape index (κ2) is 7.31. The molecule has 1 aromatic heterocycles. The van der Waals surface area contributed by atoms with Crippen molar-refractivity contribution in [1.29, 1.82) is 0 Å². The number of hydrogen-bond acceptors (Lipinski definition) is 5. The standard InChI is InChI=1S/C18H17N3O3S/c1-11-20-15-7-4-13(9-16(15)25-11)21-18(23)10-24-14-5-2-12(3-6-14)8-17(19)22/h2-7,9H,8,10H2,1H3,(H2,19,22)(H,21,23). The van der Waals surface area contributed by atoms with E-state index in [4.69, 9.17) is 10.5 Å². The van der Waals surface area contributed by atoms with Crippen molar-refractivity contribution in [1.82, 2.24) is 4.98 Å². The second-order valence-electron chi connectivity index (χ2n) is 5.54. The molecule has 6 nitrogen and oxygen atoms in total. The predicted molar refractivity (Wildman–Crippen MR) is 97.8 cm³/mol. The molecule has 3 N–H and O–H groups in total. The molecule has 0 aliphatic carbocycles. The summed E-state index contributed by atoms with van der Waals surface area (Å²) in [7, 11) is 0. The number of aromatic nitrogens is 1. The smallest absolute Gasteiger partial charge is 0.262 e. The van der Waals surface area contributed by atoms with E-state index < -0.39 is 0 Å². The van der Waals surface area contributed by atoms with Crippen LogP contribution in [0, 0.1) is 6.92 Å². The van der Waals surface area contributed by atoms with Crippen LogP contribution >= 0.6 is 11.3 Å². The number of carbonyl (C=O) groups excluding carboxylic acids is 2. The van der Waals surface area contributed by atoms with Gasteiger partial charge in [0, 0.05) is 5.69 Å². The summed E-state index contributed by atoms with van der Waals surface area (Å²) < 4.78 is 6.48. The van der Waals surface area contributed by atoms with Crippen LogP contribution in [-0.2, 0) is 16.0 Å². The van der Waals surface area contributed by atoms with Gasteiger partial charge in [-0.25, -0.2) is 4.98 Å². The van der Waals surface area contributed by atoms with Crippen LogP contribution in [0.1, 0.15) is 10.6 Å². The van der Waals surface area contributed by atoms with Crippen molar-refractivity contribution >= 4 is 39.1 Å². The summed E-state index contributed by atoms with van der Waals surface area (Å²) in [6.07, 6.45) is 0.181. The number of nitrogens with two attached hydrogens (primary N) is 1. The first-order valence-corrected chi connectivity index (χ1v) is 8.48. The summed E-state index contributed by atoms with van der Waals surface area (Å²) >= 11 is 1.58. The molecular formula is C18H17N3O3S. The van der Waals surface area contributed by atoms with Crippen LogP contribution in [0.4, 0.5) is 5.69 Å². The first-order chi connectivity index (χ1) is 12.0. The van der Waals surface area contributed by atoms with Gasteiger partial charge in [0.1, 0.15) is 5.75 Å². The van der Waals surface area contributed by atoms with Gasteiger partial charge in [-0.1, -0.05) is 12.1 Å². The molecule has 0 saturated carbocycles. The van der Waals surface area contributed by atoms with E-state index in [1.807, 2.05) is 25.1 Å². The molecule has 0 aliphatic rings. The normalized spacial score (nSPS) is 10.6. The van der Waals surface area contributed by atoms with Gasteiger partial charge in [0.2, 0.25) is 5.91 Å². The number of anilines is 1. The summed E-state index contributed by atoms with van der Waals surface area (Å²) in [6.45, 7) is 1.85. The Morgan fingerprint density at radius 2 is 1.96 bits per heavy atom. The summed E-state index contributed by atoms with van der Waals surface area (Å²) in [6, 6.07) is 12.5. The van der Waals surface area contributed by atoms with Gasteiger partial charge in [0.15, 0.2) is 6.61 Å². The molecule has 0 atom stereocenters. The highest BCUT2D eigenvalue weighted by molar-refractivity contribution is 7.18. The van der Waals surface area contributed by atoms with E-state index in [1.165, 1.54) is 0 Å². The number of nitrogens with one attached hydrogen (secondary N) is 1. The minimum Gasteiger partial charge on any atom is -0.484 e. The predicted octanol–water partition coefficient (Wildman–Crippen LogP) is 2.65. The molecule has 0 unspecified atom stereocenters. The lowest BCUT2D eigenvalue weighted by Gasteiger charge is -2.08. The molecular weight excluding hydrogens is 338 g/mol. The fraction of sp³-hybridized carbons (Fsp3) is 0.167. The molecule has 3 rings (SSSR count). The molecule has 0 aliphatic heterocycles. The van der Waals surface area contributed by atoms with Gasteiger partial charge in [-0.15, -0.1) is 11.3 Å². The molecule has 128 valence electrons. The number of hydrogen-bond donors (Lipinski definition) is 2. The first-order valence-electron chi connectivity index (χ1n) is 7.67. The van der Waals surface area contributed by atoms with Crippen LogP contribution in [0.5, 0.6) is 5.75 Å². The summed E-state index contributed by atoms with van der Waals surface area (Å²) in [5.74, 6) is -0.0835. The summed E-state index contributed by atoms with van der Waals surface area (Å²) in [5, 5.41) is 3.79. The summed E-state index contributed by atoms with van der Waals surface area (Å²) in [5.41, 5.74) is 7.58. The van der Waals surface area contributed by atoms with Crippen molar-refractivity contribution in [3.05, 3.63) is 53.0 Å². The third-order valence-corrected chi connectivity index (χ3v) is 4.38. The molecule has 1 heterocycles. The number of thiazole rings is 1. The Bertz CT molecular complexity index is 919. The van der Waals surface area contributed by atoms with Gasteiger partial charge in [0.25, 0.3) is 5.91 Å². The fourth-order valence-electron chi connectivity index (χ4n) is 2.37. The van der Waals surface area contributed by atoms with E-state index in [2.05, 4.69) is 10.3 Å². The van der Waals surface area contributed by atoms with Gasteiger partial charge in [-0.05, 0) is 42.8 Å². The number of ether oxygens (including phenoxy) is 1. The highest BCUT2D eigenvalue weighted by Crippen LogP contribution is 2.24. The van der Waals surface area contributed by atoms with E-state index in [0.717, 1.165) is 20.8 Å². The van der Waals surface area contributed by atoms with Crippen molar-refractivity contribution < 1.29 is 14.3 Å². The zero-order chi connectivity index (χ0) is 17.8. The molecule has 7 heteroatoms. The summed E-state index contributed by atoms with van der Waals surface area (Å²) in [4.78, 5) is 27.3. The average Bonchev–Trinajstić information content (AvgIpc) is 2.93.